The van der Waals surface area contributed by atoms with Crippen LogP contribution in [-0.4, -0.2) is 65.4 Å². The van der Waals surface area contributed by atoms with Gasteiger partial charge in [-0.2, -0.15) is 0 Å². The SMILES string of the molecule is COc1ccc2c(c1)c(CC(=O)N1CCN(C(=O)C(C)C)CC1)c(C)n2C(=O)c1ccc(Cl)cc1. The first-order valence-electron chi connectivity index (χ1n) is 11.8. The molecule has 0 atom stereocenters. The average Bonchev–Trinajstić information content (AvgIpc) is 3.13. The molecule has 0 spiro atoms. The van der Waals surface area contributed by atoms with E-state index in [9.17, 15) is 14.4 Å². The molecular weight excluding hydrogens is 466 g/mol. The lowest BCUT2D eigenvalue weighted by molar-refractivity contribution is -0.141. The van der Waals surface area contributed by atoms with Gasteiger partial charge < -0.3 is 14.5 Å². The van der Waals surface area contributed by atoms with Crippen molar-refractivity contribution in [3.8, 4) is 5.75 Å². The van der Waals surface area contributed by atoms with E-state index in [1.54, 1.807) is 40.8 Å². The lowest BCUT2D eigenvalue weighted by atomic mass is 10.1. The van der Waals surface area contributed by atoms with Gasteiger partial charge in [-0.3, -0.25) is 19.0 Å². The summed E-state index contributed by atoms with van der Waals surface area (Å²) < 4.78 is 7.07. The molecule has 8 heteroatoms. The maximum Gasteiger partial charge on any atom is 0.262 e. The van der Waals surface area contributed by atoms with Crippen LogP contribution >= 0.6 is 11.6 Å². The first kappa shape index (κ1) is 24.8. The number of amides is 2. The molecule has 35 heavy (non-hydrogen) atoms. The normalized spacial score (nSPS) is 14.0. The number of methoxy groups -OCH3 is 1. The molecule has 1 aliphatic rings. The molecule has 1 aromatic heterocycles. The minimum absolute atomic E-state index is 0.0226. The van der Waals surface area contributed by atoms with E-state index in [1.165, 1.54) is 0 Å². The summed E-state index contributed by atoms with van der Waals surface area (Å²) in [5.74, 6) is 0.505. The van der Waals surface area contributed by atoms with Gasteiger partial charge in [-0.15, -0.1) is 0 Å². The van der Waals surface area contributed by atoms with E-state index in [1.807, 2.05) is 43.9 Å². The molecule has 2 aromatic carbocycles. The number of benzene rings is 2. The van der Waals surface area contributed by atoms with E-state index < -0.39 is 0 Å². The van der Waals surface area contributed by atoms with Gasteiger partial charge in [-0.05, 0) is 55.0 Å². The minimum atomic E-state index is -0.186. The van der Waals surface area contributed by atoms with Crippen molar-refractivity contribution in [3.63, 3.8) is 0 Å². The number of carbonyl (C=O) groups excluding carboxylic acids is 3. The van der Waals surface area contributed by atoms with Crippen molar-refractivity contribution in [2.75, 3.05) is 33.3 Å². The van der Waals surface area contributed by atoms with Gasteiger partial charge in [0.1, 0.15) is 5.75 Å². The Kier molecular flexibility index (Phi) is 7.17. The van der Waals surface area contributed by atoms with E-state index in [-0.39, 0.29) is 30.1 Å². The van der Waals surface area contributed by atoms with Gasteiger partial charge in [-0.1, -0.05) is 25.4 Å². The van der Waals surface area contributed by atoms with Crippen LogP contribution < -0.4 is 4.74 Å². The maximum absolute atomic E-state index is 13.5. The Morgan fingerprint density at radius 2 is 1.60 bits per heavy atom. The molecule has 1 saturated heterocycles. The monoisotopic (exact) mass is 495 g/mol. The summed E-state index contributed by atoms with van der Waals surface area (Å²) in [7, 11) is 1.59. The molecule has 2 amide bonds. The van der Waals surface area contributed by atoms with E-state index in [0.717, 1.165) is 22.2 Å². The lowest BCUT2D eigenvalue weighted by Crippen LogP contribution is -2.51. The molecule has 0 saturated carbocycles. The fraction of sp³-hybridized carbons (Fsp3) is 0.370. The summed E-state index contributed by atoms with van der Waals surface area (Å²) in [6.07, 6.45) is 0.161. The zero-order valence-electron chi connectivity index (χ0n) is 20.5. The first-order valence-corrected chi connectivity index (χ1v) is 12.1. The summed E-state index contributed by atoms with van der Waals surface area (Å²) >= 11 is 6.00. The second-order valence-electron chi connectivity index (χ2n) is 9.13. The van der Waals surface area contributed by atoms with Gasteiger partial charge in [-0.25, -0.2) is 0 Å². The Morgan fingerprint density at radius 1 is 0.971 bits per heavy atom. The quantitative estimate of drug-likeness (QED) is 0.532. The van der Waals surface area contributed by atoms with Crippen LogP contribution in [0.1, 0.15) is 35.5 Å². The molecule has 0 bridgehead atoms. The Hall–Kier alpha value is -3.32. The largest absolute Gasteiger partial charge is 0.497 e. The fourth-order valence-corrected chi connectivity index (χ4v) is 4.73. The maximum atomic E-state index is 13.5. The third-order valence-corrected chi connectivity index (χ3v) is 6.85. The average molecular weight is 496 g/mol. The first-order chi connectivity index (χ1) is 16.7. The van der Waals surface area contributed by atoms with Crippen LogP contribution in [-0.2, 0) is 16.0 Å². The van der Waals surface area contributed by atoms with Crippen LogP contribution in [0, 0.1) is 12.8 Å². The van der Waals surface area contributed by atoms with E-state index in [2.05, 4.69) is 0 Å². The number of piperazine rings is 1. The highest BCUT2D eigenvalue weighted by Crippen LogP contribution is 2.31. The summed E-state index contributed by atoms with van der Waals surface area (Å²) in [5.41, 5.74) is 2.74. The standard InChI is InChI=1S/C27H30ClN3O4/c1-17(2)26(33)30-13-11-29(12-14-30)25(32)16-22-18(3)31(24-10-9-21(35-4)15-23(22)24)27(34)19-5-7-20(28)8-6-19/h5-10,15,17H,11-14,16H2,1-4H3. The van der Waals surface area contributed by atoms with Crippen molar-refractivity contribution in [2.45, 2.75) is 27.2 Å². The fourth-order valence-electron chi connectivity index (χ4n) is 4.60. The summed E-state index contributed by atoms with van der Waals surface area (Å²) in [4.78, 5) is 42.7. The molecule has 7 nitrogen and oxygen atoms in total. The zero-order valence-corrected chi connectivity index (χ0v) is 21.3. The van der Waals surface area contributed by atoms with Gasteiger partial charge >= 0.3 is 0 Å². The van der Waals surface area contributed by atoms with Crippen LogP contribution in [0.15, 0.2) is 42.5 Å². The number of aromatic nitrogens is 1. The number of ether oxygens (including phenoxy) is 1. The highest BCUT2D eigenvalue weighted by molar-refractivity contribution is 6.30. The van der Waals surface area contributed by atoms with Crippen molar-refractivity contribution in [1.82, 2.24) is 14.4 Å². The van der Waals surface area contributed by atoms with Crippen molar-refractivity contribution < 1.29 is 19.1 Å². The summed E-state index contributed by atoms with van der Waals surface area (Å²) in [5, 5.41) is 1.37. The second-order valence-corrected chi connectivity index (χ2v) is 9.57. The van der Waals surface area contributed by atoms with Gasteiger partial charge in [0.15, 0.2) is 0 Å². The van der Waals surface area contributed by atoms with Crippen LogP contribution in [0.5, 0.6) is 5.75 Å². The molecule has 0 aliphatic carbocycles. The Bertz CT molecular complexity index is 1270. The molecule has 0 unspecified atom stereocenters. The van der Waals surface area contributed by atoms with Crippen molar-refractivity contribution in [1.29, 1.82) is 0 Å². The number of hydrogen-bond acceptors (Lipinski definition) is 4. The zero-order chi connectivity index (χ0) is 25.3. The number of fused-ring (bicyclic) bond motifs is 1. The highest BCUT2D eigenvalue weighted by atomic mass is 35.5. The number of hydrogen-bond donors (Lipinski definition) is 0. The molecule has 0 N–H and O–H groups in total. The van der Waals surface area contributed by atoms with Gasteiger partial charge in [0.25, 0.3) is 5.91 Å². The number of halogens is 1. The predicted octanol–water partition coefficient (Wildman–Crippen LogP) is 4.17. The molecule has 1 fully saturated rings. The molecule has 184 valence electrons. The van der Waals surface area contributed by atoms with E-state index >= 15 is 0 Å². The summed E-state index contributed by atoms with van der Waals surface area (Å²) in [6, 6.07) is 12.3. The van der Waals surface area contributed by atoms with E-state index in [0.29, 0.717) is 42.5 Å². The topological polar surface area (TPSA) is 71.8 Å². The highest BCUT2D eigenvalue weighted by Gasteiger charge is 2.28. The van der Waals surface area contributed by atoms with Crippen LogP contribution in [0.2, 0.25) is 5.02 Å². The molecular formula is C27H30ClN3O4. The number of carbonyl (C=O) groups is 3. The molecule has 0 radical (unpaired) electrons. The minimum Gasteiger partial charge on any atom is -0.497 e. The molecule has 2 heterocycles. The van der Waals surface area contributed by atoms with Gasteiger partial charge in [0.2, 0.25) is 11.8 Å². The number of rotatable bonds is 5. The predicted molar refractivity (Wildman–Crippen MR) is 136 cm³/mol. The smallest absolute Gasteiger partial charge is 0.262 e. The molecule has 3 aromatic rings. The van der Waals surface area contributed by atoms with Crippen LogP contribution in [0.3, 0.4) is 0 Å². The van der Waals surface area contributed by atoms with Crippen molar-refractivity contribution >= 4 is 40.2 Å². The Balaban J connectivity index is 1.64. The summed E-state index contributed by atoms with van der Waals surface area (Å²) in [6.45, 7) is 7.71. The van der Waals surface area contributed by atoms with Crippen molar-refractivity contribution in [3.05, 3.63) is 64.3 Å². The molecule has 1 aliphatic heterocycles. The lowest BCUT2D eigenvalue weighted by Gasteiger charge is -2.35. The third-order valence-electron chi connectivity index (χ3n) is 6.60. The van der Waals surface area contributed by atoms with Crippen molar-refractivity contribution in [2.24, 2.45) is 5.92 Å². The Morgan fingerprint density at radius 3 is 2.20 bits per heavy atom. The third kappa shape index (κ3) is 4.91. The molecule has 4 rings (SSSR count). The van der Waals surface area contributed by atoms with Crippen LogP contribution in [0.25, 0.3) is 10.9 Å². The van der Waals surface area contributed by atoms with E-state index in [4.69, 9.17) is 16.3 Å². The van der Waals surface area contributed by atoms with Gasteiger partial charge in [0.05, 0.1) is 19.0 Å². The number of nitrogens with zero attached hydrogens (tertiary/aromatic N) is 3. The van der Waals surface area contributed by atoms with Gasteiger partial charge in [0, 0.05) is 53.8 Å². The van der Waals surface area contributed by atoms with Crippen LogP contribution in [0.4, 0.5) is 0 Å². The Labute approximate surface area is 210 Å². The second kappa shape index (κ2) is 10.1.